The molecule has 1 aromatic heterocycles. The molecule has 0 aliphatic heterocycles. The van der Waals surface area contributed by atoms with Gasteiger partial charge in [-0.15, -0.1) is 0 Å². The van der Waals surface area contributed by atoms with E-state index in [1.165, 1.54) is 5.69 Å². The molecular weight excluding hydrogens is 423 g/mol. The van der Waals surface area contributed by atoms with Crippen molar-refractivity contribution in [3.63, 3.8) is 0 Å². The Labute approximate surface area is 194 Å². The maximum Gasteiger partial charge on any atom is 0.0716 e. The van der Waals surface area contributed by atoms with Crippen LogP contribution in [0.4, 0.5) is 5.69 Å². The van der Waals surface area contributed by atoms with E-state index in [4.69, 9.17) is 28.2 Å². The van der Waals surface area contributed by atoms with Crippen LogP contribution in [0.2, 0.25) is 10.0 Å². The molecule has 4 heteroatoms. The van der Waals surface area contributed by atoms with Gasteiger partial charge >= 0.3 is 0 Å². The molecule has 4 rings (SSSR count). The van der Waals surface area contributed by atoms with Crippen LogP contribution in [0.5, 0.6) is 0 Å². The number of benzene rings is 3. The summed E-state index contributed by atoms with van der Waals surface area (Å²) in [6.07, 6.45) is 0. The largest absolute Gasteiger partial charge is 0.372 e. The van der Waals surface area contributed by atoms with Crippen molar-refractivity contribution in [2.75, 3.05) is 18.0 Å². The third kappa shape index (κ3) is 4.92. The summed E-state index contributed by atoms with van der Waals surface area (Å²) in [6.45, 7) is 6.33. The van der Waals surface area contributed by atoms with Crippen LogP contribution in [0.25, 0.3) is 33.6 Å². The lowest BCUT2D eigenvalue weighted by Crippen LogP contribution is -2.21. The van der Waals surface area contributed by atoms with E-state index in [0.29, 0.717) is 10.0 Å². The predicted molar refractivity (Wildman–Crippen MR) is 134 cm³/mol. The Kier molecular flexibility index (Phi) is 6.60. The van der Waals surface area contributed by atoms with E-state index in [0.717, 1.165) is 46.7 Å². The van der Waals surface area contributed by atoms with Crippen LogP contribution in [-0.4, -0.2) is 18.1 Å². The van der Waals surface area contributed by atoms with Gasteiger partial charge in [-0.1, -0.05) is 59.6 Å². The Hall–Kier alpha value is -2.81. The van der Waals surface area contributed by atoms with Crippen molar-refractivity contribution >= 4 is 28.9 Å². The molecule has 0 atom stereocenters. The van der Waals surface area contributed by atoms with Crippen LogP contribution in [0, 0.1) is 0 Å². The second-order valence-electron chi connectivity index (χ2n) is 7.37. The van der Waals surface area contributed by atoms with Crippen LogP contribution < -0.4 is 4.90 Å². The van der Waals surface area contributed by atoms with Gasteiger partial charge in [-0.25, -0.2) is 4.98 Å². The van der Waals surface area contributed by atoms with Crippen LogP contribution in [0.3, 0.4) is 0 Å². The second kappa shape index (κ2) is 9.55. The van der Waals surface area contributed by atoms with E-state index < -0.39 is 0 Å². The maximum absolute atomic E-state index is 6.25. The average Bonchev–Trinajstić information content (AvgIpc) is 2.80. The van der Waals surface area contributed by atoms with Crippen LogP contribution >= 0.6 is 23.2 Å². The third-order valence-corrected chi connectivity index (χ3v) is 5.87. The van der Waals surface area contributed by atoms with Gasteiger partial charge in [0.05, 0.1) is 11.4 Å². The highest BCUT2D eigenvalue weighted by Crippen LogP contribution is 2.32. The number of hydrogen-bond acceptors (Lipinski definition) is 2. The lowest BCUT2D eigenvalue weighted by Gasteiger charge is -2.21. The van der Waals surface area contributed by atoms with Gasteiger partial charge in [-0.2, -0.15) is 0 Å². The van der Waals surface area contributed by atoms with Gasteiger partial charge in [-0.05, 0) is 73.5 Å². The minimum Gasteiger partial charge on any atom is -0.372 e. The highest BCUT2D eigenvalue weighted by atomic mass is 35.5. The fraction of sp³-hybridized carbons (Fsp3) is 0.148. The van der Waals surface area contributed by atoms with Gasteiger partial charge in [-0.3, -0.25) is 0 Å². The Bertz CT molecular complexity index is 1120. The van der Waals surface area contributed by atoms with E-state index in [2.05, 4.69) is 55.1 Å². The van der Waals surface area contributed by atoms with Gasteiger partial charge < -0.3 is 4.90 Å². The third-order valence-electron chi connectivity index (χ3n) is 5.40. The van der Waals surface area contributed by atoms with Crippen molar-refractivity contribution < 1.29 is 0 Å². The van der Waals surface area contributed by atoms with Crippen molar-refractivity contribution in [1.29, 1.82) is 0 Å². The van der Waals surface area contributed by atoms with E-state index in [-0.39, 0.29) is 0 Å². The number of aromatic nitrogens is 1. The lowest BCUT2D eigenvalue weighted by molar-refractivity contribution is 0.866. The number of pyridine rings is 1. The van der Waals surface area contributed by atoms with E-state index in [1.54, 1.807) is 0 Å². The number of hydrogen-bond donors (Lipinski definition) is 0. The Balaban J connectivity index is 1.83. The van der Waals surface area contributed by atoms with Crippen LogP contribution in [-0.2, 0) is 0 Å². The molecule has 1 heterocycles. The van der Waals surface area contributed by atoms with Crippen molar-refractivity contribution in [1.82, 2.24) is 4.98 Å². The summed E-state index contributed by atoms with van der Waals surface area (Å²) in [5.41, 5.74) is 7.20. The number of anilines is 1. The first-order valence-electron chi connectivity index (χ1n) is 10.5. The van der Waals surface area contributed by atoms with Crippen LogP contribution in [0.1, 0.15) is 13.8 Å². The number of rotatable bonds is 6. The smallest absolute Gasteiger partial charge is 0.0716 e. The molecule has 0 unspecified atom stereocenters. The molecule has 0 aliphatic carbocycles. The summed E-state index contributed by atoms with van der Waals surface area (Å²) in [6, 6.07) is 28.5. The molecule has 2 nitrogen and oxygen atoms in total. The quantitative estimate of drug-likeness (QED) is 0.296. The Morgan fingerprint density at radius 3 is 1.58 bits per heavy atom. The SMILES string of the molecule is CCN(CC)c1ccc(-c2cc(-c3cccc(Cl)c3)nc(-c3cccc(Cl)c3)c2)cc1. The van der Waals surface area contributed by atoms with E-state index in [1.807, 2.05) is 48.5 Å². The molecule has 0 aliphatic rings. The van der Waals surface area contributed by atoms with Gasteiger partial charge in [0, 0.05) is 39.9 Å². The zero-order valence-corrected chi connectivity index (χ0v) is 19.2. The minimum absolute atomic E-state index is 0.692. The van der Waals surface area contributed by atoms with Gasteiger partial charge in [0.1, 0.15) is 0 Å². The van der Waals surface area contributed by atoms with Crippen LogP contribution in [0.15, 0.2) is 84.9 Å². The number of halogens is 2. The molecule has 0 saturated carbocycles. The molecule has 0 bridgehead atoms. The first-order chi connectivity index (χ1) is 15.1. The van der Waals surface area contributed by atoms with Gasteiger partial charge in [0.15, 0.2) is 0 Å². The van der Waals surface area contributed by atoms with Gasteiger partial charge in [0.2, 0.25) is 0 Å². The summed E-state index contributed by atoms with van der Waals surface area (Å²) in [5.74, 6) is 0. The molecule has 0 spiro atoms. The highest BCUT2D eigenvalue weighted by molar-refractivity contribution is 6.31. The summed E-state index contributed by atoms with van der Waals surface area (Å²) in [7, 11) is 0. The number of nitrogens with zero attached hydrogens (tertiary/aromatic N) is 2. The average molecular weight is 447 g/mol. The standard InChI is InChI=1S/C27H24Cl2N2/c1-3-31(4-2)25-13-11-19(12-14-25)22-17-26(20-7-5-9-23(28)15-20)30-27(18-22)21-8-6-10-24(29)16-21/h5-18H,3-4H2,1-2H3. The fourth-order valence-electron chi connectivity index (χ4n) is 3.74. The predicted octanol–water partition coefficient (Wildman–Crippen LogP) is 8.24. The molecule has 0 radical (unpaired) electrons. The molecule has 0 fully saturated rings. The molecule has 4 aromatic rings. The van der Waals surface area contributed by atoms with E-state index >= 15 is 0 Å². The molecule has 0 saturated heterocycles. The highest BCUT2D eigenvalue weighted by Gasteiger charge is 2.10. The molecule has 0 amide bonds. The monoisotopic (exact) mass is 446 g/mol. The van der Waals surface area contributed by atoms with E-state index in [9.17, 15) is 0 Å². The van der Waals surface area contributed by atoms with Gasteiger partial charge in [0.25, 0.3) is 0 Å². The summed E-state index contributed by atoms with van der Waals surface area (Å²) in [4.78, 5) is 7.27. The summed E-state index contributed by atoms with van der Waals surface area (Å²) >= 11 is 12.5. The molecule has 3 aromatic carbocycles. The Morgan fingerprint density at radius 1 is 0.613 bits per heavy atom. The van der Waals surface area contributed by atoms with Crippen molar-refractivity contribution in [3.8, 4) is 33.6 Å². The summed E-state index contributed by atoms with van der Waals surface area (Å²) in [5, 5.41) is 1.38. The van der Waals surface area contributed by atoms with Crippen molar-refractivity contribution in [2.24, 2.45) is 0 Å². The topological polar surface area (TPSA) is 16.1 Å². The van der Waals surface area contributed by atoms with Crippen molar-refractivity contribution in [3.05, 3.63) is 95.0 Å². The maximum atomic E-state index is 6.25. The summed E-state index contributed by atoms with van der Waals surface area (Å²) < 4.78 is 0. The zero-order valence-electron chi connectivity index (χ0n) is 17.6. The second-order valence-corrected chi connectivity index (χ2v) is 8.24. The molecule has 31 heavy (non-hydrogen) atoms. The molecule has 156 valence electrons. The lowest BCUT2D eigenvalue weighted by atomic mass is 9.99. The first kappa shape index (κ1) is 21.4. The molecular formula is C27H24Cl2N2. The molecule has 0 N–H and O–H groups in total. The normalized spacial score (nSPS) is 10.8. The first-order valence-corrected chi connectivity index (χ1v) is 11.2. The zero-order chi connectivity index (χ0) is 21.8. The Morgan fingerprint density at radius 2 is 1.13 bits per heavy atom. The van der Waals surface area contributed by atoms with Crippen molar-refractivity contribution in [2.45, 2.75) is 13.8 Å². The minimum atomic E-state index is 0.692. The fourth-order valence-corrected chi connectivity index (χ4v) is 4.12.